The Morgan fingerprint density at radius 1 is 0.743 bits per heavy atom. The number of amides is 8. The Morgan fingerprint density at radius 2 is 1.39 bits per heavy atom. The molecule has 372 valence electrons. The molecule has 1 saturated heterocycles. The van der Waals surface area contributed by atoms with Gasteiger partial charge in [-0.1, -0.05) is 72.3 Å². The molecule has 0 aliphatic carbocycles. The average molecular weight is 982 g/mol. The third-order valence-corrected chi connectivity index (χ3v) is 11.8. The second-order valence-corrected chi connectivity index (χ2v) is 17.5. The molecule has 2 heterocycles. The Morgan fingerprint density at radius 3 is 2.04 bits per heavy atom. The van der Waals surface area contributed by atoms with Gasteiger partial charge in [-0.05, 0) is 78.8 Å². The molecule has 12 N–H and O–H groups in total. The van der Waals surface area contributed by atoms with E-state index in [0.717, 1.165) is 16.3 Å². The van der Waals surface area contributed by atoms with Crippen LogP contribution in [-0.4, -0.2) is 119 Å². The van der Waals surface area contributed by atoms with Crippen molar-refractivity contribution in [2.45, 2.75) is 101 Å². The number of guanidine groups is 1. The van der Waals surface area contributed by atoms with E-state index in [1.807, 2.05) is 42.5 Å². The molecule has 21 heteroatoms. The highest BCUT2D eigenvalue weighted by Crippen LogP contribution is 2.21. The van der Waals surface area contributed by atoms with Gasteiger partial charge < -0.3 is 54.0 Å². The number of nitrogens with two attached hydrogens (primary N) is 3. The first-order valence-electron chi connectivity index (χ1n) is 23.0. The van der Waals surface area contributed by atoms with Crippen LogP contribution in [0.5, 0.6) is 0 Å². The van der Waals surface area contributed by atoms with Crippen LogP contribution in [0.15, 0.2) is 96.1 Å². The summed E-state index contributed by atoms with van der Waals surface area (Å²) in [5.74, 6) is -5.05. The predicted octanol–water partition coefficient (Wildman–Crippen LogP) is 0.416. The maximum Gasteiger partial charge on any atom is 0.245 e. The molecule has 1 aliphatic heterocycles. The van der Waals surface area contributed by atoms with Gasteiger partial charge in [-0.3, -0.25) is 48.3 Å². The summed E-state index contributed by atoms with van der Waals surface area (Å²) in [6.07, 6.45) is 2.51. The molecule has 0 radical (unpaired) electrons. The molecular weight excluding hydrogens is 920 g/mol. The molecule has 0 saturated carbocycles. The summed E-state index contributed by atoms with van der Waals surface area (Å²) in [6, 6.07) is 18.7. The Kier molecular flexibility index (Phi) is 20.0. The first kappa shape index (κ1) is 53.3. The molecule has 3 aromatic carbocycles. The van der Waals surface area contributed by atoms with Gasteiger partial charge in [0.05, 0.1) is 0 Å². The van der Waals surface area contributed by atoms with Crippen molar-refractivity contribution in [3.8, 4) is 0 Å². The van der Waals surface area contributed by atoms with Crippen LogP contribution in [0.3, 0.4) is 0 Å². The summed E-state index contributed by atoms with van der Waals surface area (Å²) in [6.45, 7) is 2.90. The van der Waals surface area contributed by atoms with Crippen LogP contribution in [0.25, 0.3) is 10.8 Å². The molecule has 1 aromatic heterocycles. The van der Waals surface area contributed by atoms with Gasteiger partial charge in [0.25, 0.3) is 0 Å². The fourth-order valence-electron chi connectivity index (χ4n) is 7.94. The van der Waals surface area contributed by atoms with E-state index in [1.54, 1.807) is 42.5 Å². The van der Waals surface area contributed by atoms with Crippen molar-refractivity contribution in [2.24, 2.45) is 22.2 Å². The van der Waals surface area contributed by atoms with Crippen LogP contribution < -0.4 is 49.1 Å². The van der Waals surface area contributed by atoms with Crippen LogP contribution in [0.4, 0.5) is 0 Å². The van der Waals surface area contributed by atoms with Gasteiger partial charge in [0.2, 0.25) is 47.3 Å². The number of fused-ring (bicyclic) bond motifs is 1. The maximum absolute atomic E-state index is 14.4. The minimum absolute atomic E-state index is 0.0171. The quantitative estimate of drug-likeness (QED) is 0.0263. The van der Waals surface area contributed by atoms with Gasteiger partial charge in [-0.25, -0.2) is 0 Å². The number of benzene rings is 3. The number of carbonyl (C=O) groups excluding carboxylic acids is 8. The van der Waals surface area contributed by atoms with Crippen LogP contribution in [0.1, 0.15) is 62.8 Å². The molecule has 0 spiro atoms. The number of aliphatic imine (C=N–C) groups is 1. The number of pyridine rings is 1. The molecule has 0 bridgehead atoms. The Labute approximate surface area is 410 Å². The predicted molar refractivity (Wildman–Crippen MR) is 263 cm³/mol. The van der Waals surface area contributed by atoms with Gasteiger partial charge >= 0.3 is 0 Å². The van der Waals surface area contributed by atoms with E-state index in [2.05, 4.69) is 41.9 Å². The Balaban J connectivity index is 1.29. The number of likely N-dealkylation sites (tertiary alicyclic amines) is 1. The molecular formula is C49H61ClN12O8. The number of hydrogen-bond acceptors (Lipinski definition) is 10. The highest BCUT2D eigenvalue weighted by atomic mass is 35.5. The van der Waals surface area contributed by atoms with E-state index < -0.39 is 83.5 Å². The lowest BCUT2D eigenvalue weighted by molar-refractivity contribution is -0.142. The van der Waals surface area contributed by atoms with Crippen molar-refractivity contribution in [2.75, 3.05) is 19.6 Å². The molecule has 5 rings (SSSR count). The number of hydrogen-bond donors (Lipinski definition) is 9. The van der Waals surface area contributed by atoms with Crippen molar-refractivity contribution in [3.05, 3.63) is 113 Å². The lowest BCUT2D eigenvalue weighted by Gasteiger charge is -2.29. The summed E-state index contributed by atoms with van der Waals surface area (Å²) >= 11 is 6.16. The Bertz CT molecular complexity index is 2520. The van der Waals surface area contributed by atoms with E-state index in [4.69, 9.17) is 28.8 Å². The van der Waals surface area contributed by atoms with E-state index in [9.17, 15) is 38.4 Å². The molecule has 1 aliphatic rings. The van der Waals surface area contributed by atoms with Crippen molar-refractivity contribution >= 4 is 75.6 Å². The zero-order valence-corrected chi connectivity index (χ0v) is 39.9. The van der Waals surface area contributed by atoms with E-state index in [1.165, 1.54) is 24.9 Å². The highest BCUT2D eigenvalue weighted by Gasteiger charge is 2.38. The van der Waals surface area contributed by atoms with Crippen LogP contribution >= 0.6 is 11.6 Å². The Hall–Kier alpha value is -7.61. The van der Waals surface area contributed by atoms with E-state index >= 15 is 0 Å². The molecule has 70 heavy (non-hydrogen) atoms. The minimum atomic E-state index is -1.25. The second kappa shape index (κ2) is 26.2. The minimum Gasteiger partial charge on any atom is -0.370 e. The first-order valence-corrected chi connectivity index (χ1v) is 23.4. The SMILES string of the molecule is CC(=O)N[C@@H](Cc1ccc2ccccc2c1)C(=O)N[C@H](Cc1ccc(Cl)cc1)C(=O)N[C@H](Cc1ccccn1)C(=O)NCCC(=O)N[C@H](CCCN=C(N)N)C(=O)N1CCC[C@@H]1C(=O)N[C@@H](C)C(N)=O. The number of aromatic nitrogens is 1. The molecule has 4 aromatic rings. The number of halogens is 1. The smallest absolute Gasteiger partial charge is 0.245 e. The zero-order chi connectivity index (χ0) is 50.7. The van der Waals surface area contributed by atoms with E-state index in [-0.39, 0.29) is 57.7 Å². The van der Waals surface area contributed by atoms with Gasteiger partial charge in [-0.15, -0.1) is 0 Å². The second-order valence-electron chi connectivity index (χ2n) is 17.0. The van der Waals surface area contributed by atoms with Crippen molar-refractivity contribution in [3.63, 3.8) is 0 Å². The number of rotatable bonds is 24. The third-order valence-electron chi connectivity index (χ3n) is 11.6. The van der Waals surface area contributed by atoms with Crippen LogP contribution in [0.2, 0.25) is 5.02 Å². The lowest BCUT2D eigenvalue weighted by Crippen LogP contribution is -2.58. The summed E-state index contributed by atoms with van der Waals surface area (Å²) < 4.78 is 0. The highest BCUT2D eigenvalue weighted by molar-refractivity contribution is 6.30. The van der Waals surface area contributed by atoms with Crippen molar-refractivity contribution in [1.82, 2.24) is 41.8 Å². The largest absolute Gasteiger partial charge is 0.370 e. The monoisotopic (exact) mass is 980 g/mol. The summed E-state index contributed by atoms with van der Waals surface area (Å²) in [5.41, 5.74) is 18.1. The molecule has 0 unspecified atom stereocenters. The zero-order valence-electron chi connectivity index (χ0n) is 39.1. The number of carbonyl (C=O) groups is 8. The fraction of sp³-hybridized carbons (Fsp3) is 0.388. The molecule has 6 atom stereocenters. The topological polar surface area (TPSA) is 315 Å². The first-order chi connectivity index (χ1) is 33.5. The summed E-state index contributed by atoms with van der Waals surface area (Å²) in [5, 5.41) is 18.7. The van der Waals surface area contributed by atoms with Gasteiger partial charge in [-0.2, -0.15) is 0 Å². The lowest BCUT2D eigenvalue weighted by atomic mass is 10.00. The number of primary amides is 1. The van der Waals surface area contributed by atoms with Gasteiger partial charge in [0, 0.05) is 69.2 Å². The standard InChI is InChI=1S/C49H61ClN12O8/c1-29(43(51)65)57-47(69)41-13-8-24-62(41)48(70)37(12-7-22-56-49(52)53)59-42(64)20-23-55-44(66)40(28-36-11-5-6-21-54-36)61-46(68)39(26-31-15-18-35(50)19-16-31)60-45(67)38(58-30(2)63)27-32-14-17-33-9-3-4-10-34(33)25-32/h3-6,9-11,14-19,21,25,29,37-41H,7-8,12-13,20,22-24,26-28H2,1-2H3,(H2,51,65)(H,55,66)(H,57,69)(H,58,63)(H,59,64)(H,60,67)(H,61,68)(H4,52,53,56)/t29-,37+,38-,39+,40+,41+/m0/s1. The third kappa shape index (κ3) is 16.6. The number of nitrogens with zero attached hydrogens (tertiary/aromatic N) is 3. The van der Waals surface area contributed by atoms with Gasteiger partial charge in [0.1, 0.15) is 36.3 Å². The number of nitrogens with one attached hydrogen (secondary N) is 6. The summed E-state index contributed by atoms with van der Waals surface area (Å²) in [4.78, 5) is 117. The fourth-order valence-corrected chi connectivity index (χ4v) is 8.06. The van der Waals surface area contributed by atoms with Gasteiger partial charge in [0.15, 0.2) is 5.96 Å². The van der Waals surface area contributed by atoms with Crippen LogP contribution in [-0.2, 0) is 57.6 Å². The van der Waals surface area contributed by atoms with Crippen molar-refractivity contribution in [1.29, 1.82) is 0 Å². The normalized spacial score (nSPS) is 15.2. The average Bonchev–Trinajstić information content (AvgIpc) is 3.83. The molecule has 1 fully saturated rings. The molecule has 20 nitrogen and oxygen atoms in total. The molecule has 8 amide bonds. The van der Waals surface area contributed by atoms with E-state index in [0.29, 0.717) is 35.5 Å². The van der Waals surface area contributed by atoms with Crippen LogP contribution in [0, 0.1) is 0 Å². The van der Waals surface area contributed by atoms with Crippen molar-refractivity contribution < 1.29 is 38.4 Å². The maximum atomic E-state index is 14.4. The summed E-state index contributed by atoms with van der Waals surface area (Å²) in [7, 11) is 0.